The molecule has 3 rings (SSSR count). The van der Waals surface area contributed by atoms with E-state index < -0.39 is 30.0 Å². The van der Waals surface area contributed by atoms with Gasteiger partial charge < -0.3 is 19.1 Å². The second-order valence-electron chi connectivity index (χ2n) is 8.82. The molecule has 0 radical (unpaired) electrons. The summed E-state index contributed by atoms with van der Waals surface area (Å²) in [6, 6.07) is 7.46. The van der Waals surface area contributed by atoms with Crippen LogP contribution in [0, 0.1) is 17.7 Å². The minimum absolute atomic E-state index is 0.168. The fourth-order valence-electron chi connectivity index (χ4n) is 4.29. The lowest BCUT2D eigenvalue weighted by molar-refractivity contribution is -0.154. The van der Waals surface area contributed by atoms with Gasteiger partial charge in [-0.2, -0.15) is 0 Å². The van der Waals surface area contributed by atoms with E-state index in [4.69, 9.17) is 9.47 Å². The van der Waals surface area contributed by atoms with Crippen LogP contribution in [0.1, 0.15) is 47.0 Å². The Kier molecular flexibility index (Phi) is 8.30. The number of thiophene rings is 1. The topological polar surface area (TPSA) is 82.1 Å². The molecule has 1 aliphatic rings. The molecule has 1 amide bonds. The van der Waals surface area contributed by atoms with Crippen molar-refractivity contribution in [1.29, 1.82) is 0 Å². The van der Waals surface area contributed by atoms with Crippen molar-refractivity contribution in [2.24, 2.45) is 11.8 Å². The van der Waals surface area contributed by atoms with Crippen LogP contribution in [0.25, 0.3) is 10.4 Å². The zero-order valence-electron chi connectivity index (χ0n) is 20.0. The van der Waals surface area contributed by atoms with E-state index in [9.17, 15) is 18.8 Å². The van der Waals surface area contributed by atoms with Gasteiger partial charge in [0.05, 0.1) is 18.7 Å². The van der Waals surface area contributed by atoms with Gasteiger partial charge in [-0.1, -0.05) is 30.4 Å². The third-order valence-corrected chi connectivity index (χ3v) is 6.88. The number of halogens is 1. The predicted octanol–water partition coefficient (Wildman–Crippen LogP) is 5.81. The first-order valence-electron chi connectivity index (χ1n) is 11.3. The van der Waals surface area contributed by atoms with Crippen LogP contribution in [0.4, 0.5) is 14.9 Å². The number of hydrogen-bond acceptors (Lipinski definition) is 7. The fraction of sp³-hybridized carbons (Fsp3) is 0.480. The van der Waals surface area contributed by atoms with Crippen LogP contribution in [0.15, 0.2) is 30.3 Å². The SMILES string of the molecule is COC(=O)Oc1sc(-c2cccc(F)c2)cc1N(C(=O)C1CCC(C)CC1OC(C)=O)C(C)C. The highest BCUT2D eigenvalue weighted by atomic mass is 32.1. The lowest BCUT2D eigenvalue weighted by atomic mass is 9.79. The Labute approximate surface area is 202 Å². The Morgan fingerprint density at radius 2 is 1.91 bits per heavy atom. The van der Waals surface area contributed by atoms with Gasteiger partial charge in [-0.05, 0) is 62.8 Å². The number of nitrogens with zero attached hydrogens (tertiary/aromatic N) is 1. The van der Waals surface area contributed by atoms with E-state index in [1.807, 2.05) is 13.8 Å². The average Bonchev–Trinajstić information content (AvgIpc) is 3.16. The van der Waals surface area contributed by atoms with Gasteiger partial charge in [-0.25, -0.2) is 9.18 Å². The maximum Gasteiger partial charge on any atom is 0.514 e. The molecular formula is C25H30FNO6S. The molecule has 7 nitrogen and oxygen atoms in total. The Hall–Kier alpha value is -2.94. The Bertz CT molecular complexity index is 1050. The largest absolute Gasteiger partial charge is 0.514 e. The first-order chi connectivity index (χ1) is 16.1. The third-order valence-electron chi connectivity index (χ3n) is 5.83. The highest BCUT2D eigenvalue weighted by molar-refractivity contribution is 7.18. The molecule has 1 heterocycles. The quantitative estimate of drug-likeness (QED) is 0.475. The average molecular weight is 492 g/mol. The minimum atomic E-state index is -0.922. The Morgan fingerprint density at radius 1 is 1.18 bits per heavy atom. The van der Waals surface area contributed by atoms with E-state index in [2.05, 4.69) is 11.7 Å². The monoisotopic (exact) mass is 491 g/mol. The summed E-state index contributed by atoms with van der Waals surface area (Å²) in [6.45, 7) is 7.12. The summed E-state index contributed by atoms with van der Waals surface area (Å²) in [7, 11) is 1.20. The van der Waals surface area contributed by atoms with Crippen LogP contribution in [0.3, 0.4) is 0 Å². The van der Waals surface area contributed by atoms with Crippen LogP contribution < -0.4 is 9.64 Å². The predicted molar refractivity (Wildman–Crippen MR) is 127 cm³/mol. The van der Waals surface area contributed by atoms with Crippen LogP contribution in [-0.2, 0) is 19.1 Å². The molecule has 3 unspecified atom stereocenters. The molecule has 1 saturated carbocycles. The number of carbonyl (C=O) groups excluding carboxylic acids is 3. The number of amides is 1. The van der Waals surface area contributed by atoms with Crippen molar-refractivity contribution >= 4 is 35.1 Å². The molecule has 1 aromatic carbocycles. The summed E-state index contributed by atoms with van der Waals surface area (Å²) < 4.78 is 29.4. The van der Waals surface area contributed by atoms with Crippen LogP contribution in [0.2, 0.25) is 0 Å². The van der Waals surface area contributed by atoms with Gasteiger partial charge in [0.1, 0.15) is 11.9 Å². The Balaban J connectivity index is 2.04. The summed E-state index contributed by atoms with van der Waals surface area (Å²) in [5.41, 5.74) is 0.973. The summed E-state index contributed by atoms with van der Waals surface area (Å²) in [6.07, 6.45) is 0.570. The van der Waals surface area contributed by atoms with Gasteiger partial charge in [0.15, 0.2) is 0 Å². The third kappa shape index (κ3) is 5.94. The molecule has 0 saturated heterocycles. The van der Waals surface area contributed by atoms with E-state index in [-0.39, 0.29) is 17.0 Å². The van der Waals surface area contributed by atoms with Crippen LogP contribution >= 0.6 is 11.3 Å². The molecule has 0 bridgehead atoms. The van der Waals surface area contributed by atoms with E-state index in [1.165, 1.54) is 26.2 Å². The first kappa shape index (κ1) is 25.7. The number of ether oxygens (including phenoxy) is 3. The number of esters is 1. The second-order valence-corrected chi connectivity index (χ2v) is 9.84. The molecule has 0 aliphatic heterocycles. The van der Waals surface area contributed by atoms with Crippen LogP contribution in [-0.4, -0.2) is 37.3 Å². The summed E-state index contributed by atoms with van der Waals surface area (Å²) in [5.74, 6) is -1.23. The number of benzene rings is 1. The summed E-state index contributed by atoms with van der Waals surface area (Å²) in [5, 5.41) is 0.168. The summed E-state index contributed by atoms with van der Waals surface area (Å²) >= 11 is 1.12. The van der Waals surface area contributed by atoms with Gasteiger partial charge in [0.2, 0.25) is 11.0 Å². The van der Waals surface area contributed by atoms with Crippen molar-refractivity contribution in [3.8, 4) is 15.5 Å². The normalized spacial score (nSPS) is 20.0. The van der Waals surface area contributed by atoms with Crippen molar-refractivity contribution in [1.82, 2.24) is 0 Å². The molecule has 9 heteroatoms. The van der Waals surface area contributed by atoms with E-state index >= 15 is 0 Å². The first-order valence-corrected chi connectivity index (χ1v) is 12.1. The zero-order chi connectivity index (χ0) is 25.0. The lowest BCUT2D eigenvalue weighted by Gasteiger charge is -2.37. The van der Waals surface area contributed by atoms with Gasteiger partial charge in [0.25, 0.3) is 0 Å². The highest BCUT2D eigenvalue weighted by Crippen LogP contribution is 2.45. The molecular weight excluding hydrogens is 461 g/mol. The van der Waals surface area contributed by atoms with Crippen molar-refractivity contribution < 1.29 is 33.0 Å². The van der Waals surface area contributed by atoms with Gasteiger partial charge in [-0.3, -0.25) is 9.59 Å². The lowest BCUT2D eigenvalue weighted by Crippen LogP contribution is -2.47. The second kappa shape index (κ2) is 11.0. The molecule has 1 fully saturated rings. The molecule has 2 aromatic rings. The maximum absolute atomic E-state index is 13.9. The number of carbonyl (C=O) groups is 3. The van der Waals surface area contributed by atoms with Gasteiger partial charge in [0, 0.05) is 17.8 Å². The number of methoxy groups -OCH3 is 1. The zero-order valence-corrected chi connectivity index (χ0v) is 20.8. The fourth-order valence-corrected chi connectivity index (χ4v) is 5.28. The maximum atomic E-state index is 13.9. The summed E-state index contributed by atoms with van der Waals surface area (Å²) in [4.78, 5) is 39.7. The molecule has 1 aromatic heterocycles. The van der Waals surface area contributed by atoms with Crippen molar-refractivity contribution in [3.05, 3.63) is 36.1 Å². The van der Waals surface area contributed by atoms with Crippen molar-refractivity contribution in [2.45, 2.75) is 59.1 Å². The van der Waals surface area contributed by atoms with Crippen LogP contribution in [0.5, 0.6) is 5.06 Å². The number of hydrogen-bond donors (Lipinski definition) is 0. The Morgan fingerprint density at radius 3 is 2.53 bits per heavy atom. The van der Waals surface area contributed by atoms with Crippen molar-refractivity contribution in [2.75, 3.05) is 12.0 Å². The molecule has 0 spiro atoms. The smallest absolute Gasteiger partial charge is 0.462 e. The minimum Gasteiger partial charge on any atom is -0.462 e. The molecule has 3 atom stereocenters. The highest BCUT2D eigenvalue weighted by Gasteiger charge is 2.40. The van der Waals surface area contributed by atoms with Crippen molar-refractivity contribution in [3.63, 3.8) is 0 Å². The molecule has 1 aliphatic carbocycles. The van der Waals surface area contributed by atoms with E-state index in [1.54, 1.807) is 23.1 Å². The standard InChI is InChI=1S/C25H30FNO6S/c1-14(2)27(23(29)19-10-9-15(3)11-21(19)32-16(4)28)20-13-22(17-7-6-8-18(26)12-17)34-24(20)33-25(30)31-5/h6-8,12-15,19,21H,9-11H2,1-5H3. The van der Waals surface area contributed by atoms with Gasteiger partial charge >= 0.3 is 12.1 Å². The number of anilines is 1. The van der Waals surface area contributed by atoms with Gasteiger partial charge in [-0.15, -0.1) is 0 Å². The molecule has 0 N–H and O–H groups in total. The molecule has 184 valence electrons. The number of rotatable bonds is 6. The molecule has 34 heavy (non-hydrogen) atoms. The van der Waals surface area contributed by atoms with E-state index in [0.717, 1.165) is 17.8 Å². The van der Waals surface area contributed by atoms with E-state index in [0.29, 0.717) is 34.9 Å².